The number of carbonyl (C=O) groups is 3. The Kier molecular flexibility index (Phi) is 7.74. The number of nitrogens with one attached hydrogen (secondary N) is 2. The van der Waals surface area contributed by atoms with E-state index in [4.69, 9.17) is 9.84 Å². The summed E-state index contributed by atoms with van der Waals surface area (Å²) in [6.45, 7) is 5.62. The zero-order valence-corrected chi connectivity index (χ0v) is 19.4. The van der Waals surface area contributed by atoms with Gasteiger partial charge in [-0.2, -0.15) is 0 Å². The van der Waals surface area contributed by atoms with Crippen molar-refractivity contribution in [2.45, 2.75) is 51.5 Å². The highest BCUT2D eigenvalue weighted by atomic mass is 16.5. The second kappa shape index (κ2) is 10.5. The van der Waals surface area contributed by atoms with Gasteiger partial charge >= 0.3 is 12.1 Å². The number of fused-ring (bicyclic) bond motifs is 3. The molecule has 7 nitrogen and oxygen atoms in total. The van der Waals surface area contributed by atoms with Crippen LogP contribution in [0.5, 0.6) is 0 Å². The summed E-state index contributed by atoms with van der Waals surface area (Å²) in [5.41, 5.74) is 3.43. The lowest BCUT2D eigenvalue weighted by atomic mass is 9.98. The number of carboxylic acids is 1. The van der Waals surface area contributed by atoms with Crippen LogP contribution in [0.1, 0.15) is 57.1 Å². The monoisotopic (exact) mass is 452 g/mol. The Morgan fingerprint density at radius 1 is 1.00 bits per heavy atom. The summed E-state index contributed by atoms with van der Waals surface area (Å²) >= 11 is 0. The van der Waals surface area contributed by atoms with Crippen LogP contribution in [-0.4, -0.2) is 41.8 Å². The normalized spacial score (nSPS) is 13.5. The van der Waals surface area contributed by atoms with Crippen LogP contribution in [0.2, 0.25) is 0 Å². The molecule has 0 aromatic heterocycles. The van der Waals surface area contributed by atoms with Crippen molar-refractivity contribution in [1.29, 1.82) is 0 Å². The highest BCUT2D eigenvalue weighted by Gasteiger charge is 2.30. The van der Waals surface area contributed by atoms with Gasteiger partial charge in [-0.05, 0) is 54.9 Å². The maximum Gasteiger partial charge on any atom is 0.407 e. The van der Waals surface area contributed by atoms with Gasteiger partial charge in [0, 0.05) is 18.9 Å². The fourth-order valence-corrected chi connectivity index (χ4v) is 4.06. The van der Waals surface area contributed by atoms with Crippen LogP contribution in [0.3, 0.4) is 0 Å². The molecule has 1 atom stereocenters. The van der Waals surface area contributed by atoms with Gasteiger partial charge in [0.15, 0.2) is 0 Å². The number of rotatable bonds is 10. The van der Waals surface area contributed by atoms with E-state index in [0.717, 1.165) is 0 Å². The molecule has 2 aromatic carbocycles. The molecule has 1 unspecified atom stereocenters. The number of amides is 2. The molecule has 33 heavy (non-hydrogen) atoms. The van der Waals surface area contributed by atoms with E-state index in [1.54, 1.807) is 0 Å². The second-order valence-electron chi connectivity index (χ2n) is 9.16. The number of alkyl carbamates (subject to hydrolysis) is 1. The molecule has 0 saturated carbocycles. The van der Waals surface area contributed by atoms with E-state index in [9.17, 15) is 14.4 Å². The van der Waals surface area contributed by atoms with Gasteiger partial charge in [-0.15, -0.1) is 0 Å². The predicted octanol–water partition coefficient (Wildman–Crippen LogP) is 4.31. The SMILES string of the molecule is CC(CCNC(=O)OCC1c2ccccc2-c2ccccc21)CCC(=O)NC(C)(C)C(=O)O. The first-order chi connectivity index (χ1) is 15.7. The summed E-state index contributed by atoms with van der Waals surface area (Å²) in [6.07, 6.45) is 1.08. The molecule has 1 aliphatic rings. The first-order valence-electron chi connectivity index (χ1n) is 11.3. The van der Waals surface area contributed by atoms with Gasteiger partial charge in [-0.25, -0.2) is 9.59 Å². The number of carboxylic acid groups (broad SMARTS) is 1. The summed E-state index contributed by atoms with van der Waals surface area (Å²) in [5.74, 6) is -1.15. The van der Waals surface area contributed by atoms with E-state index in [0.29, 0.717) is 19.4 Å². The standard InChI is InChI=1S/C26H32N2O5/c1-17(12-13-23(29)28-26(2,3)24(30)31)14-15-27-25(32)33-16-22-20-10-6-4-8-18(20)19-9-5-7-11-21(19)22/h4-11,17,22H,12-16H2,1-3H3,(H,27,32)(H,28,29)(H,30,31). The van der Waals surface area contributed by atoms with Crippen LogP contribution in [0.4, 0.5) is 4.79 Å². The van der Waals surface area contributed by atoms with Crippen LogP contribution in [0.15, 0.2) is 48.5 Å². The second-order valence-corrected chi connectivity index (χ2v) is 9.16. The third-order valence-electron chi connectivity index (χ3n) is 6.10. The van der Waals surface area contributed by atoms with Crippen molar-refractivity contribution >= 4 is 18.0 Å². The Labute approximate surface area is 194 Å². The summed E-state index contributed by atoms with van der Waals surface area (Å²) in [5, 5.41) is 14.4. The Hall–Kier alpha value is -3.35. The topological polar surface area (TPSA) is 105 Å². The lowest BCUT2D eigenvalue weighted by Crippen LogP contribution is -2.49. The molecule has 0 heterocycles. The van der Waals surface area contributed by atoms with Crippen LogP contribution < -0.4 is 10.6 Å². The number of aliphatic carboxylic acids is 1. The maximum absolute atomic E-state index is 12.2. The molecular weight excluding hydrogens is 420 g/mol. The van der Waals surface area contributed by atoms with Gasteiger partial charge in [0.1, 0.15) is 12.1 Å². The lowest BCUT2D eigenvalue weighted by Gasteiger charge is -2.21. The number of hydrogen-bond donors (Lipinski definition) is 3. The molecule has 0 bridgehead atoms. The van der Waals surface area contributed by atoms with E-state index in [2.05, 4.69) is 34.9 Å². The number of ether oxygens (including phenoxy) is 1. The molecule has 1 aliphatic carbocycles. The summed E-state index contributed by atoms with van der Waals surface area (Å²) < 4.78 is 5.53. The maximum atomic E-state index is 12.2. The summed E-state index contributed by atoms with van der Waals surface area (Å²) in [6, 6.07) is 16.4. The molecule has 2 amide bonds. The Bertz CT molecular complexity index is 972. The van der Waals surface area contributed by atoms with Gasteiger partial charge < -0.3 is 20.5 Å². The van der Waals surface area contributed by atoms with Gasteiger partial charge in [0.05, 0.1) is 0 Å². The number of hydrogen-bond acceptors (Lipinski definition) is 4. The Morgan fingerprint density at radius 3 is 2.15 bits per heavy atom. The van der Waals surface area contributed by atoms with Crippen molar-refractivity contribution in [3.63, 3.8) is 0 Å². The van der Waals surface area contributed by atoms with Gasteiger partial charge in [0.2, 0.25) is 5.91 Å². The molecule has 176 valence electrons. The molecule has 0 aliphatic heterocycles. The van der Waals surface area contributed by atoms with Crippen molar-refractivity contribution in [3.05, 3.63) is 59.7 Å². The van der Waals surface area contributed by atoms with Gasteiger partial charge in [-0.3, -0.25) is 4.79 Å². The van der Waals surface area contributed by atoms with E-state index in [-0.39, 0.29) is 30.8 Å². The van der Waals surface area contributed by atoms with Crippen molar-refractivity contribution in [3.8, 4) is 11.1 Å². The zero-order chi connectivity index (χ0) is 24.0. The molecule has 2 aromatic rings. The number of benzene rings is 2. The first kappa shape index (κ1) is 24.3. The van der Waals surface area contributed by atoms with E-state index in [1.807, 2.05) is 31.2 Å². The number of carbonyl (C=O) groups excluding carboxylic acids is 2. The highest BCUT2D eigenvalue weighted by Crippen LogP contribution is 2.44. The van der Waals surface area contributed by atoms with Crippen LogP contribution in [0, 0.1) is 5.92 Å². The Morgan fingerprint density at radius 2 is 1.58 bits per heavy atom. The van der Waals surface area contributed by atoms with Gasteiger partial charge in [-0.1, -0.05) is 55.5 Å². The van der Waals surface area contributed by atoms with Crippen LogP contribution in [0.25, 0.3) is 11.1 Å². The van der Waals surface area contributed by atoms with E-state index < -0.39 is 17.6 Å². The fraction of sp³-hybridized carbons (Fsp3) is 0.423. The van der Waals surface area contributed by atoms with Crippen LogP contribution in [-0.2, 0) is 14.3 Å². The van der Waals surface area contributed by atoms with Crippen molar-refractivity contribution in [2.24, 2.45) is 5.92 Å². The minimum Gasteiger partial charge on any atom is -0.480 e. The van der Waals surface area contributed by atoms with Crippen molar-refractivity contribution < 1.29 is 24.2 Å². The van der Waals surface area contributed by atoms with Crippen molar-refractivity contribution in [1.82, 2.24) is 10.6 Å². The summed E-state index contributed by atoms with van der Waals surface area (Å²) in [4.78, 5) is 35.3. The molecule has 0 radical (unpaired) electrons. The fourth-order valence-electron chi connectivity index (χ4n) is 4.06. The molecule has 3 N–H and O–H groups in total. The Balaban J connectivity index is 1.39. The predicted molar refractivity (Wildman–Crippen MR) is 126 cm³/mol. The molecule has 3 rings (SSSR count). The minimum absolute atomic E-state index is 0.0237. The third kappa shape index (κ3) is 6.12. The lowest BCUT2D eigenvalue weighted by molar-refractivity contribution is -0.146. The first-order valence-corrected chi connectivity index (χ1v) is 11.3. The quantitative estimate of drug-likeness (QED) is 0.498. The van der Waals surface area contributed by atoms with E-state index >= 15 is 0 Å². The molecule has 0 fully saturated rings. The molecular formula is C26H32N2O5. The summed E-state index contributed by atoms with van der Waals surface area (Å²) in [7, 11) is 0. The van der Waals surface area contributed by atoms with Crippen LogP contribution >= 0.6 is 0 Å². The largest absolute Gasteiger partial charge is 0.480 e. The molecule has 0 saturated heterocycles. The smallest absolute Gasteiger partial charge is 0.407 e. The van der Waals surface area contributed by atoms with E-state index in [1.165, 1.54) is 36.1 Å². The third-order valence-corrected chi connectivity index (χ3v) is 6.10. The molecule has 0 spiro atoms. The van der Waals surface area contributed by atoms with Crippen molar-refractivity contribution in [2.75, 3.05) is 13.2 Å². The molecule has 7 heteroatoms. The minimum atomic E-state index is -1.29. The zero-order valence-electron chi connectivity index (χ0n) is 19.4. The highest BCUT2D eigenvalue weighted by molar-refractivity contribution is 5.86. The average molecular weight is 453 g/mol. The van der Waals surface area contributed by atoms with Gasteiger partial charge in [0.25, 0.3) is 0 Å². The average Bonchev–Trinajstić information content (AvgIpc) is 3.10.